The Morgan fingerprint density at radius 3 is 2.32 bits per heavy atom. The molecule has 5 rings (SSSR count). The molecule has 0 bridgehead atoms. The molecule has 2 aromatic carbocycles. The summed E-state index contributed by atoms with van der Waals surface area (Å²) >= 11 is 0. The Balaban J connectivity index is 1.51. The van der Waals surface area contributed by atoms with E-state index in [4.69, 9.17) is 0 Å². The second kappa shape index (κ2) is 10.1. The van der Waals surface area contributed by atoms with Crippen LogP contribution in [0, 0.1) is 0 Å². The van der Waals surface area contributed by atoms with Gasteiger partial charge in [0, 0.05) is 18.8 Å². The van der Waals surface area contributed by atoms with Crippen molar-refractivity contribution in [2.45, 2.75) is 57.5 Å². The molecule has 1 fully saturated rings. The number of benzene rings is 2. The molecule has 0 unspecified atom stereocenters. The van der Waals surface area contributed by atoms with Crippen molar-refractivity contribution in [3.05, 3.63) is 101 Å². The number of carbonyl (C=O) groups excluding carboxylic acids is 1. The maximum absolute atomic E-state index is 13.6. The van der Waals surface area contributed by atoms with Crippen LogP contribution < -0.4 is 10.9 Å². The third kappa shape index (κ3) is 4.69. The van der Waals surface area contributed by atoms with E-state index >= 15 is 0 Å². The summed E-state index contributed by atoms with van der Waals surface area (Å²) in [6.45, 7) is 0.503. The fourth-order valence-electron chi connectivity index (χ4n) is 5.04. The Morgan fingerprint density at radius 1 is 0.882 bits per heavy atom. The SMILES string of the molecule is O=C(NC1CCCCC1)c1cn2c(-c3ccccc3)ccc2c(=O)n1CCCc1ccccc1. The topological polar surface area (TPSA) is 55.5 Å². The molecule has 34 heavy (non-hydrogen) atoms. The first-order valence-corrected chi connectivity index (χ1v) is 12.4. The van der Waals surface area contributed by atoms with Gasteiger partial charge in [0.05, 0.1) is 5.69 Å². The number of fused-ring (bicyclic) bond motifs is 1. The largest absolute Gasteiger partial charge is 0.348 e. The zero-order chi connectivity index (χ0) is 23.3. The first-order chi connectivity index (χ1) is 16.7. The number of hydrogen-bond donors (Lipinski definition) is 1. The summed E-state index contributed by atoms with van der Waals surface area (Å²) in [6.07, 6.45) is 9.02. The lowest BCUT2D eigenvalue weighted by atomic mass is 9.95. The molecule has 5 heteroatoms. The summed E-state index contributed by atoms with van der Waals surface area (Å²) in [5.41, 5.74) is 4.07. The van der Waals surface area contributed by atoms with Gasteiger partial charge in [-0.25, -0.2) is 0 Å². The van der Waals surface area contributed by atoms with Crippen LogP contribution >= 0.6 is 0 Å². The zero-order valence-corrected chi connectivity index (χ0v) is 19.5. The van der Waals surface area contributed by atoms with E-state index < -0.39 is 0 Å². The third-order valence-corrected chi connectivity index (χ3v) is 6.86. The number of carbonyl (C=O) groups is 1. The molecule has 0 spiro atoms. The fourth-order valence-corrected chi connectivity index (χ4v) is 5.04. The van der Waals surface area contributed by atoms with Crippen molar-refractivity contribution in [3.8, 4) is 11.3 Å². The monoisotopic (exact) mass is 453 g/mol. The van der Waals surface area contributed by atoms with Gasteiger partial charge < -0.3 is 14.3 Å². The Kier molecular flexibility index (Phi) is 6.61. The smallest absolute Gasteiger partial charge is 0.275 e. The van der Waals surface area contributed by atoms with Gasteiger partial charge in [-0.3, -0.25) is 9.59 Å². The van der Waals surface area contributed by atoms with Crippen molar-refractivity contribution >= 4 is 11.4 Å². The predicted octanol–water partition coefficient (Wildman–Crippen LogP) is 5.46. The maximum Gasteiger partial charge on any atom is 0.275 e. The fraction of sp³-hybridized carbons (Fsp3) is 0.310. The molecule has 0 radical (unpaired) electrons. The molecule has 5 nitrogen and oxygen atoms in total. The Bertz CT molecular complexity index is 1320. The lowest BCUT2D eigenvalue weighted by molar-refractivity contribution is 0.0916. The Morgan fingerprint density at radius 2 is 1.59 bits per heavy atom. The van der Waals surface area contributed by atoms with Crippen molar-refractivity contribution < 1.29 is 4.79 Å². The van der Waals surface area contributed by atoms with Crippen LogP contribution in [-0.4, -0.2) is 20.9 Å². The summed E-state index contributed by atoms with van der Waals surface area (Å²) in [4.78, 5) is 27.0. The van der Waals surface area contributed by atoms with Crippen molar-refractivity contribution in [1.82, 2.24) is 14.3 Å². The lowest BCUT2D eigenvalue weighted by Crippen LogP contribution is -2.40. The van der Waals surface area contributed by atoms with E-state index in [1.807, 2.05) is 71.3 Å². The van der Waals surface area contributed by atoms with Crippen LogP contribution in [0.1, 0.15) is 54.6 Å². The normalized spacial score (nSPS) is 14.4. The summed E-state index contributed by atoms with van der Waals surface area (Å²) in [7, 11) is 0. The highest BCUT2D eigenvalue weighted by Crippen LogP contribution is 2.22. The van der Waals surface area contributed by atoms with Gasteiger partial charge in [-0.15, -0.1) is 0 Å². The van der Waals surface area contributed by atoms with Gasteiger partial charge in [-0.1, -0.05) is 79.9 Å². The number of aromatic nitrogens is 2. The average molecular weight is 454 g/mol. The lowest BCUT2D eigenvalue weighted by Gasteiger charge is -2.23. The van der Waals surface area contributed by atoms with Crippen molar-refractivity contribution in [3.63, 3.8) is 0 Å². The number of nitrogens with zero attached hydrogens (tertiary/aromatic N) is 2. The van der Waals surface area contributed by atoms with E-state index in [2.05, 4.69) is 17.4 Å². The summed E-state index contributed by atoms with van der Waals surface area (Å²) < 4.78 is 3.55. The van der Waals surface area contributed by atoms with E-state index in [0.717, 1.165) is 49.8 Å². The second-order valence-electron chi connectivity index (χ2n) is 9.21. The molecule has 1 aliphatic rings. The highest BCUT2D eigenvalue weighted by molar-refractivity contribution is 5.93. The molecular formula is C29H31N3O2. The highest BCUT2D eigenvalue weighted by atomic mass is 16.2. The summed E-state index contributed by atoms with van der Waals surface area (Å²) in [5.74, 6) is -0.154. The molecule has 1 saturated carbocycles. The molecule has 2 heterocycles. The van der Waals surface area contributed by atoms with Crippen LogP contribution in [0.2, 0.25) is 0 Å². The molecule has 0 aliphatic heterocycles. The minimum Gasteiger partial charge on any atom is -0.348 e. The molecule has 0 atom stereocenters. The highest BCUT2D eigenvalue weighted by Gasteiger charge is 2.21. The van der Waals surface area contributed by atoms with Crippen LogP contribution in [0.5, 0.6) is 0 Å². The van der Waals surface area contributed by atoms with Crippen LogP contribution in [-0.2, 0) is 13.0 Å². The van der Waals surface area contributed by atoms with Crippen molar-refractivity contribution in [2.75, 3.05) is 0 Å². The maximum atomic E-state index is 13.6. The van der Waals surface area contributed by atoms with Gasteiger partial charge in [0.25, 0.3) is 11.5 Å². The first kappa shape index (κ1) is 22.2. The number of nitrogens with one attached hydrogen (secondary N) is 1. The molecule has 174 valence electrons. The minimum absolute atomic E-state index is 0.119. The van der Waals surface area contributed by atoms with E-state index in [1.54, 1.807) is 4.57 Å². The van der Waals surface area contributed by atoms with Crippen LogP contribution in [0.15, 0.2) is 83.8 Å². The van der Waals surface area contributed by atoms with Gasteiger partial charge in [0.15, 0.2) is 0 Å². The predicted molar refractivity (Wildman–Crippen MR) is 136 cm³/mol. The van der Waals surface area contributed by atoms with Crippen molar-refractivity contribution in [1.29, 1.82) is 0 Å². The second-order valence-corrected chi connectivity index (χ2v) is 9.21. The van der Waals surface area contributed by atoms with Gasteiger partial charge in [0.1, 0.15) is 11.2 Å². The minimum atomic E-state index is -0.154. The average Bonchev–Trinajstić information content (AvgIpc) is 3.31. The Labute approximate surface area is 200 Å². The van der Waals surface area contributed by atoms with Crippen LogP contribution in [0.3, 0.4) is 0 Å². The number of rotatable bonds is 7. The molecular weight excluding hydrogens is 422 g/mol. The standard InChI is InChI=1S/C29H31N3O2/c33-28(30-24-16-8-3-9-17-24)27-21-32-25(23-14-6-2-7-15-23)18-19-26(32)29(34)31(27)20-10-13-22-11-4-1-5-12-22/h1-2,4-7,11-12,14-15,18-19,21,24H,3,8-10,13,16-17,20H2,(H,30,33). The van der Waals surface area contributed by atoms with Crippen LogP contribution in [0.4, 0.5) is 0 Å². The molecule has 2 aromatic heterocycles. The van der Waals surface area contributed by atoms with Gasteiger partial charge >= 0.3 is 0 Å². The third-order valence-electron chi connectivity index (χ3n) is 6.86. The van der Waals surface area contributed by atoms with Crippen molar-refractivity contribution in [2.24, 2.45) is 0 Å². The summed E-state index contributed by atoms with van der Waals surface area (Å²) in [6, 6.07) is 24.3. The van der Waals surface area contributed by atoms with Crippen LogP contribution in [0.25, 0.3) is 16.8 Å². The van der Waals surface area contributed by atoms with Gasteiger partial charge in [0.2, 0.25) is 0 Å². The zero-order valence-electron chi connectivity index (χ0n) is 19.5. The molecule has 1 N–H and O–H groups in total. The first-order valence-electron chi connectivity index (χ1n) is 12.4. The quantitative estimate of drug-likeness (QED) is 0.404. The molecule has 1 amide bonds. The molecule has 0 saturated heterocycles. The van der Waals surface area contributed by atoms with E-state index in [9.17, 15) is 9.59 Å². The molecule has 1 aliphatic carbocycles. The van der Waals surface area contributed by atoms with Gasteiger partial charge in [-0.2, -0.15) is 0 Å². The van der Waals surface area contributed by atoms with E-state index in [-0.39, 0.29) is 17.5 Å². The number of amides is 1. The number of aryl methyl sites for hydroxylation is 1. The summed E-state index contributed by atoms with van der Waals surface area (Å²) in [5, 5.41) is 3.22. The van der Waals surface area contributed by atoms with Gasteiger partial charge in [-0.05, 0) is 48.9 Å². The van der Waals surface area contributed by atoms with E-state index in [1.165, 1.54) is 12.0 Å². The molecule has 4 aromatic rings. The van der Waals surface area contributed by atoms with E-state index in [0.29, 0.717) is 17.8 Å². The Hall–Kier alpha value is -3.60. The number of hydrogen-bond acceptors (Lipinski definition) is 2.